The van der Waals surface area contributed by atoms with Crippen molar-refractivity contribution < 1.29 is 9.59 Å². The van der Waals surface area contributed by atoms with Crippen LogP contribution >= 0.6 is 22.6 Å². The summed E-state index contributed by atoms with van der Waals surface area (Å²) in [6, 6.07) is 6.09. The number of halogens is 1. The highest BCUT2D eigenvalue weighted by atomic mass is 127. The van der Waals surface area contributed by atoms with Crippen LogP contribution in [0, 0.1) is 3.57 Å². The van der Waals surface area contributed by atoms with E-state index in [9.17, 15) is 9.59 Å². The molecule has 1 rings (SSSR count). The van der Waals surface area contributed by atoms with Gasteiger partial charge in [-0.15, -0.1) is 0 Å². The molecule has 0 saturated carbocycles. The fraction of sp³-hybridized carbons (Fsp3) is 0. The van der Waals surface area contributed by atoms with Crippen LogP contribution in [0.1, 0.15) is 10.4 Å². The van der Waals surface area contributed by atoms with Crippen molar-refractivity contribution in [3.8, 4) is 0 Å². The van der Waals surface area contributed by atoms with E-state index in [1.165, 1.54) is 0 Å². The van der Waals surface area contributed by atoms with E-state index in [2.05, 4.69) is 0 Å². The molecule has 0 aliphatic heterocycles. The average Bonchev–Trinajstić information content (AvgIpc) is 2.03. The van der Waals surface area contributed by atoms with Gasteiger partial charge in [0.25, 0.3) is 5.91 Å². The van der Waals surface area contributed by atoms with Crippen molar-refractivity contribution in [3.63, 3.8) is 0 Å². The molecule has 0 heterocycles. The monoisotopic (exact) mass is 290 g/mol. The van der Waals surface area contributed by atoms with Gasteiger partial charge in [-0.1, -0.05) is 12.1 Å². The number of nitrogens with two attached hydrogens (primary N) is 1. The summed E-state index contributed by atoms with van der Waals surface area (Å²) in [5.74, 6) is -0.475. The van der Waals surface area contributed by atoms with Gasteiger partial charge in [-0.3, -0.25) is 10.1 Å². The van der Waals surface area contributed by atoms with Gasteiger partial charge in [0.2, 0.25) is 0 Å². The Morgan fingerprint density at radius 2 is 1.92 bits per heavy atom. The summed E-state index contributed by atoms with van der Waals surface area (Å²) in [6.07, 6.45) is 0. The molecule has 3 N–H and O–H groups in total. The van der Waals surface area contributed by atoms with Crippen molar-refractivity contribution in [3.05, 3.63) is 33.4 Å². The maximum absolute atomic E-state index is 11.3. The molecule has 0 aliphatic carbocycles. The number of hydrogen-bond donors (Lipinski definition) is 2. The molecule has 4 nitrogen and oxygen atoms in total. The normalized spacial score (nSPS) is 9.31. The summed E-state index contributed by atoms with van der Waals surface area (Å²) < 4.78 is 0.777. The summed E-state index contributed by atoms with van der Waals surface area (Å²) >= 11 is 2.01. The van der Waals surface area contributed by atoms with Crippen LogP contribution in [0.25, 0.3) is 0 Å². The molecule has 0 fully saturated rings. The fourth-order valence-electron chi connectivity index (χ4n) is 0.825. The van der Waals surface area contributed by atoms with Crippen LogP contribution < -0.4 is 11.1 Å². The summed E-state index contributed by atoms with van der Waals surface area (Å²) in [5.41, 5.74) is 5.25. The number of primary amides is 1. The number of urea groups is 1. The molecule has 5 heteroatoms. The molecule has 68 valence electrons. The number of rotatable bonds is 1. The molecule has 0 spiro atoms. The Labute approximate surface area is 88.6 Å². The van der Waals surface area contributed by atoms with E-state index in [4.69, 9.17) is 5.73 Å². The van der Waals surface area contributed by atoms with Gasteiger partial charge >= 0.3 is 6.03 Å². The molecule has 0 atom stereocenters. The topological polar surface area (TPSA) is 72.2 Å². The summed E-state index contributed by atoms with van der Waals surface area (Å²) in [4.78, 5) is 21.6. The first-order valence-electron chi connectivity index (χ1n) is 3.46. The third kappa shape index (κ3) is 2.69. The Bertz CT molecular complexity index is 352. The first kappa shape index (κ1) is 9.97. The van der Waals surface area contributed by atoms with E-state index >= 15 is 0 Å². The van der Waals surface area contributed by atoms with E-state index in [1.807, 2.05) is 34.0 Å². The first-order valence-corrected chi connectivity index (χ1v) is 4.54. The lowest BCUT2D eigenvalue weighted by Crippen LogP contribution is -2.35. The molecular weight excluding hydrogens is 283 g/mol. The fourth-order valence-corrected chi connectivity index (χ4v) is 1.46. The highest BCUT2D eigenvalue weighted by molar-refractivity contribution is 14.1. The minimum Gasteiger partial charge on any atom is -0.351 e. The van der Waals surface area contributed by atoms with Gasteiger partial charge < -0.3 is 5.73 Å². The molecule has 1 aromatic rings. The maximum Gasteiger partial charge on any atom is 0.319 e. The standard InChI is InChI=1S/C8H7IN2O2/c9-6-4-2-1-3-5(6)7(12)11-8(10)13/h1-4H,(H3,10,11,12,13). The minimum absolute atomic E-state index is 0.446. The Morgan fingerprint density at radius 1 is 1.31 bits per heavy atom. The van der Waals surface area contributed by atoms with Gasteiger partial charge in [-0.25, -0.2) is 4.79 Å². The number of benzene rings is 1. The highest BCUT2D eigenvalue weighted by Crippen LogP contribution is 2.10. The van der Waals surface area contributed by atoms with Crippen LogP contribution in [-0.2, 0) is 0 Å². The van der Waals surface area contributed by atoms with Crippen molar-refractivity contribution in [2.45, 2.75) is 0 Å². The largest absolute Gasteiger partial charge is 0.351 e. The Morgan fingerprint density at radius 3 is 2.46 bits per heavy atom. The molecule has 0 bridgehead atoms. The van der Waals surface area contributed by atoms with Gasteiger partial charge in [0.1, 0.15) is 0 Å². The van der Waals surface area contributed by atoms with Crippen molar-refractivity contribution in [2.75, 3.05) is 0 Å². The van der Waals surface area contributed by atoms with Crippen LogP contribution in [-0.4, -0.2) is 11.9 Å². The Kier molecular flexibility index (Phi) is 3.24. The van der Waals surface area contributed by atoms with Crippen LogP contribution in [0.4, 0.5) is 4.79 Å². The second-order valence-corrected chi connectivity index (χ2v) is 3.46. The number of amides is 3. The minimum atomic E-state index is -0.843. The smallest absolute Gasteiger partial charge is 0.319 e. The van der Waals surface area contributed by atoms with Gasteiger partial charge in [-0.05, 0) is 34.7 Å². The van der Waals surface area contributed by atoms with Crippen LogP contribution in [0.15, 0.2) is 24.3 Å². The predicted molar refractivity (Wildman–Crippen MR) is 56.2 cm³/mol. The van der Waals surface area contributed by atoms with E-state index < -0.39 is 11.9 Å². The molecular formula is C8H7IN2O2. The van der Waals surface area contributed by atoms with Gasteiger partial charge in [-0.2, -0.15) is 0 Å². The summed E-state index contributed by atoms with van der Waals surface area (Å²) in [5, 5.41) is 2.00. The third-order valence-electron chi connectivity index (χ3n) is 1.36. The van der Waals surface area contributed by atoms with Crippen molar-refractivity contribution in [2.24, 2.45) is 5.73 Å². The van der Waals surface area contributed by atoms with Gasteiger partial charge in [0.05, 0.1) is 5.56 Å². The molecule has 1 aromatic carbocycles. The van der Waals surface area contributed by atoms with Crippen LogP contribution in [0.5, 0.6) is 0 Å². The number of nitrogens with one attached hydrogen (secondary N) is 1. The lowest BCUT2D eigenvalue weighted by atomic mass is 10.2. The Balaban J connectivity index is 2.89. The van der Waals surface area contributed by atoms with Crippen LogP contribution in [0.2, 0.25) is 0 Å². The van der Waals surface area contributed by atoms with Crippen molar-refractivity contribution in [1.29, 1.82) is 0 Å². The van der Waals surface area contributed by atoms with Crippen LogP contribution in [0.3, 0.4) is 0 Å². The van der Waals surface area contributed by atoms with Gasteiger partial charge in [0, 0.05) is 3.57 Å². The molecule has 0 aliphatic rings. The summed E-state index contributed by atoms with van der Waals surface area (Å²) in [7, 11) is 0. The number of carbonyl (C=O) groups excluding carboxylic acids is 2. The molecule has 0 saturated heterocycles. The SMILES string of the molecule is NC(=O)NC(=O)c1ccccc1I. The molecule has 0 aromatic heterocycles. The summed E-state index contributed by atoms with van der Waals surface area (Å²) in [6.45, 7) is 0. The van der Waals surface area contributed by atoms with E-state index in [0.29, 0.717) is 5.56 Å². The number of hydrogen-bond acceptors (Lipinski definition) is 2. The molecule has 0 unspecified atom stereocenters. The van der Waals surface area contributed by atoms with Crippen molar-refractivity contribution in [1.82, 2.24) is 5.32 Å². The highest BCUT2D eigenvalue weighted by Gasteiger charge is 2.09. The zero-order chi connectivity index (χ0) is 9.84. The van der Waals surface area contributed by atoms with E-state index in [-0.39, 0.29) is 0 Å². The van der Waals surface area contributed by atoms with Crippen molar-refractivity contribution >= 4 is 34.5 Å². The Hall–Kier alpha value is -1.11. The lowest BCUT2D eigenvalue weighted by Gasteiger charge is -2.02. The second-order valence-electron chi connectivity index (χ2n) is 2.30. The van der Waals surface area contributed by atoms with E-state index in [0.717, 1.165) is 3.57 Å². The zero-order valence-electron chi connectivity index (χ0n) is 6.58. The lowest BCUT2D eigenvalue weighted by molar-refractivity contribution is 0.0965. The predicted octanol–water partition coefficient (Wildman–Crippen LogP) is 1.10. The average molecular weight is 290 g/mol. The molecule has 3 amide bonds. The maximum atomic E-state index is 11.3. The number of carbonyl (C=O) groups is 2. The molecule has 13 heavy (non-hydrogen) atoms. The quantitative estimate of drug-likeness (QED) is 0.760. The van der Waals surface area contributed by atoms with E-state index in [1.54, 1.807) is 18.2 Å². The zero-order valence-corrected chi connectivity index (χ0v) is 8.74. The van der Waals surface area contributed by atoms with Gasteiger partial charge in [0.15, 0.2) is 0 Å². The second kappa shape index (κ2) is 4.22. The third-order valence-corrected chi connectivity index (χ3v) is 2.30. The number of imide groups is 1. The first-order chi connectivity index (χ1) is 6.11. The molecule has 0 radical (unpaired) electrons.